The van der Waals surface area contributed by atoms with Crippen LogP contribution < -0.4 is 10.2 Å². The van der Waals surface area contributed by atoms with E-state index in [4.69, 9.17) is 11.6 Å². The molecule has 6 nitrogen and oxygen atoms in total. The van der Waals surface area contributed by atoms with E-state index in [0.717, 1.165) is 48.8 Å². The van der Waals surface area contributed by atoms with Crippen molar-refractivity contribution in [1.29, 1.82) is 0 Å². The zero-order valence-electron chi connectivity index (χ0n) is 19.0. The Labute approximate surface area is 193 Å². The zero-order chi connectivity index (χ0) is 23.0. The van der Waals surface area contributed by atoms with Crippen LogP contribution >= 0.6 is 11.6 Å². The van der Waals surface area contributed by atoms with Crippen molar-refractivity contribution in [2.75, 3.05) is 37.6 Å². The number of halogens is 2. The Kier molecular flexibility index (Phi) is 6.40. The Hall–Kier alpha value is -2.64. The standard InChI is InChI=1S/C24H29ClFN5O/c1-5-30(15(2)3)24(32)20-12-17(26)6-7-18(20)19-13-21(29-10-8-27-9-11-29)23(25)31-16(4)28-14-22(19)31/h6-7,12-15,27H,5,8-11H2,1-4H3. The molecule has 4 rings (SSSR count). The number of anilines is 1. The first-order valence-corrected chi connectivity index (χ1v) is 11.4. The number of aromatic nitrogens is 2. The first kappa shape index (κ1) is 22.6. The highest BCUT2D eigenvalue weighted by molar-refractivity contribution is 6.32. The summed E-state index contributed by atoms with van der Waals surface area (Å²) in [6.45, 7) is 11.7. The SMILES string of the molecule is CCN(C(=O)c1cc(F)ccc1-c1cc(N2CCNCC2)c(Cl)n2c(C)ncc12)C(C)C. The fourth-order valence-electron chi connectivity index (χ4n) is 4.44. The molecule has 1 aliphatic heterocycles. The fraction of sp³-hybridized carbons (Fsp3) is 0.417. The molecule has 0 saturated carbocycles. The quantitative estimate of drug-likeness (QED) is 0.577. The summed E-state index contributed by atoms with van der Waals surface area (Å²) in [5, 5.41) is 3.95. The van der Waals surface area contributed by atoms with Gasteiger partial charge in [-0.3, -0.25) is 9.20 Å². The van der Waals surface area contributed by atoms with Crippen molar-refractivity contribution >= 4 is 28.7 Å². The predicted octanol–water partition coefficient (Wildman–Crippen LogP) is 4.38. The van der Waals surface area contributed by atoms with Crippen LogP contribution in [-0.4, -0.2) is 59.0 Å². The summed E-state index contributed by atoms with van der Waals surface area (Å²) >= 11 is 6.85. The van der Waals surface area contributed by atoms with Gasteiger partial charge in [0, 0.05) is 44.3 Å². The summed E-state index contributed by atoms with van der Waals surface area (Å²) in [4.78, 5) is 21.9. The van der Waals surface area contributed by atoms with Crippen LogP contribution in [0.3, 0.4) is 0 Å². The lowest BCUT2D eigenvalue weighted by Gasteiger charge is -2.31. The number of amides is 1. The summed E-state index contributed by atoms with van der Waals surface area (Å²) in [5.74, 6) is 0.134. The van der Waals surface area contributed by atoms with E-state index in [2.05, 4.69) is 15.2 Å². The van der Waals surface area contributed by atoms with Gasteiger partial charge in [0.1, 0.15) is 16.8 Å². The number of carbonyl (C=O) groups excluding carboxylic acids is 1. The zero-order valence-corrected chi connectivity index (χ0v) is 19.7. The topological polar surface area (TPSA) is 52.9 Å². The Morgan fingerprint density at radius 3 is 2.62 bits per heavy atom. The maximum Gasteiger partial charge on any atom is 0.254 e. The Balaban J connectivity index is 1.96. The van der Waals surface area contributed by atoms with Gasteiger partial charge >= 0.3 is 0 Å². The van der Waals surface area contributed by atoms with Gasteiger partial charge in [-0.25, -0.2) is 9.37 Å². The third kappa shape index (κ3) is 3.95. The third-order valence-corrected chi connectivity index (χ3v) is 6.45. The minimum atomic E-state index is -0.436. The number of carbonyl (C=O) groups is 1. The van der Waals surface area contributed by atoms with Gasteiger partial charge in [0.05, 0.1) is 23.0 Å². The number of hydrogen-bond donors (Lipinski definition) is 1. The average Bonchev–Trinajstić information content (AvgIpc) is 3.17. The van der Waals surface area contributed by atoms with Gasteiger partial charge < -0.3 is 15.1 Å². The van der Waals surface area contributed by atoms with E-state index in [1.165, 1.54) is 12.1 Å². The number of rotatable bonds is 5. The Bertz CT molecular complexity index is 1150. The summed E-state index contributed by atoms with van der Waals surface area (Å²) in [6, 6.07) is 6.43. The number of piperazine rings is 1. The van der Waals surface area contributed by atoms with Crippen molar-refractivity contribution in [2.24, 2.45) is 0 Å². The van der Waals surface area contributed by atoms with E-state index in [-0.39, 0.29) is 11.9 Å². The maximum absolute atomic E-state index is 14.3. The Morgan fingerprint density at radius 1 is 1.25 bits per heavy atom. The predicted molar refractivity (Wildman–Crippen MR) is 127 cm³/mol. The number of nitrogens with zero attached hydrogens (tertiary/aromatic N) is 4. The highest BCUT2D eigenvalue weighted by Crippen LogP contribution is 2.38. The van der Waals surface area contributed by atoms with Gasteiger partial charge in [0.15, 0.2) is 0 Å². The molecule has 2 aromatic heterocycles. The molecule has 3 heterocycles. The molecule has 32 heavy (non-hydrogen) atoms. The molecule has 1 N–H and O–H groups in total. The monoisotopic (exact) mass is 457 g/mol. The van der Waals surface area contributed by atoms with Crippen molar-refractivity contribution < 1.29 is 9.18 Å². The van der Waals surface area contributed by atoms with Gasteiger partial charge in [-0.15, -0.1) is 0 Å². The first-order chi connectivity index (χ1) is 15.3. The first-order valence-electron chi connectivity index (χ1n) is 11.1. The molecule has 1 fully saturated rings. The molecule has 1 amide bonds. The van der Waals surface area contributed by atoms with Crippen LogP contribution in [0.1, 0.15) is 37.0 Å². The van der Waals surface area contributed by atoms with Gasteiger partial charge in [0.25, 0.3) is 5.91 Å². The average molecular weight is 458 g/mol. The van der Waals surface area contributed by atoms with Crippen LogP contribution in [0.15, 0.2) is 30.5 Å². The van der Waals surface area contributed by atoms with Crippen LogP contribution in [0.5, 0.6) is 0 Å². The molecule has 0 atom stereocenters. The Morgan fingerprint density at radius 2 is 1.97 bits per heavy atom. The van der Waals surface area contributed by atoms with Gasteiger partial charge in [-0.05, 0) is 51.5 Å². The summed E-state index contributed by atoms with van der Waals surface area (Å²) in [5.41, 5.74) is 3.50. The van der Waals surface area contributed by atoms with E-state index in [1.54, 1.807) is 17.2 Å². The van der Waals surface area contributed by atoms with Crippen molar-refractivity contribution in [1.82, 2.24) is 19.6 Å². The lowest BCUT2D eigenvalue weighted by atomic mass is 9.97. The molecule has 3 aromatic rings. The molecule has 1 aliphatic rings. The van der Waals surface area contributed by atoms with E-state index < -0.39 is 5.82 Å². The van der Waals surface area contributed by atoms with Crippen molar-refractivity contribution in [2.45, 2.75) is 33.7 Å². The summed E-state index contributed by atoms with van der Waals surface area (Å²) < 4.78 is 16.2. The van der Waals surface area contributed by atoms with Crippen LogP contribution in [0.4, 0.5) is 10.1 Å². The molecule has 1 aromatic carbocycles. The van der Waals surface area contributed by atoms with Crippen molar-refractivity contribution in [3.63, 3.8) is 0 Å². The number of benzene rings is 1. The molecule has 8 heteroatoms. The lowest BCUT2D eigenvalue weighted by molar-refractivity contribution is 0.0717. The molecule has 0 radical (unpaired) electrons. The second-order valence-corrected chi connectivity index (χ2v) is 8.73. The number of nitrogens with one attached hydrogen (secondary N) is 1. The number of fused-ring (bicyclic) bond motifs is 1. The number of imidazole rings is 1. The smallest absolute Gasteiger partial charge is 0.254 e. The second kappa shape index (κ2) is 9.08. The number of hydrogen-bond acceptors (Lipinski definition) is 4. The molecular formula is C24H29ClFN5O. The molecule has 170 valence electrons. The van der Waals surface area contributed by atoms with Gasteiger partial charge in [-0.2, -0.15) is 0 Å². The van der Waals surface area contributed by atoms with Crippen molar-refractivity contribution in [3.05, 3.63) is 52.8 Å². The second-order valence-electron chi connectivity index (χ2n) is 8.37. The van der Waals surface area contributed by atoms with Crippen LogP contribution in [0.2, 0.25) is 5.15 Å². The largest absolute Gasteiger partial charge is 0.367 e. The normalized spacial score (nSPS) is 14.4. The summed E-state index contributed by atoms with van der Waals surface area (Å²) in [6.07, 6.45) is 1.76. The molecule has 0 aliphatic carbocycles. The van der Waals surface area contributed by atoms with E-state index in [9.17, 15) is 9.18 Å². The summed E-state index contributed by atoms with van der Waals surface area (Å²) in [7, 11) is 0. The van der Waals surface area contributed by atoms with E-state index in [1.807, 2.05) is 38.2 Å². The molecule has 1 saturated heterocycles. The van der Waals surface area contributed by atoms with Crippen LogP contribution in [0, 0.1) is 12.7 Å². The number of pyridine rings is 1. The minimum absolute atomic E-state index is 0.00229. The minimum Gasteiger partial charge on any atom is -0.367 e. The highest BCUT2D eigenvalue weighted by Gasteiger charge is 2.25. The molecular weight excluding hydrogens is 429 g/mol. The van der Waals surface area contributed by atoms with E-state index in [0.29, 0.717) is 22.8 Å². The third-order valence-electron chi connectivity index (χ3n) is 6.09. The molecule has 0 spiro atoms. The highest BCUT2D eigenvalue weighted by atomic mass is 35.5. The fourth-order valence-corrected chi connectivity index (χ4v) is 4.82. The van der Waals surface area contributed by atoms with Crippen LogP contribution in [-0.2, 0) is 0 Å². The molecule has 0 bridgehead atoms. The van der Waals surface area contributed by atoms with Gasteiger partial charge in [0.2, 0.25) is 0 Å². The van der Waals surface area contributed by atoms with Crippen molar-refractivity contribution in [3.8, 4) is 11.1 Å². The number of aryl methyl sites for hydroxylation is 1. The maximum atomic E-state index is 14.3. The van der Waals surface area contributed by atoms with Gasteiger partial charge in [-0.1, -0.05) is 17.7 Å². The van der Waals surface area contributed by atoms with E-state index >= 15 is 0 Å². The molecule has 0 unspecified atom stereocenters. The van der Waals surface area contributed by atoms with Crippen LogP contribution in [0.25, 0.3) is 16.6 Å². The lowest BCUT2D eigenvalue weighted by Crippen LogP contribution is -2.43.